The summed E-state index contributed by atoms with van der Waals surface area (Å²) in [5.74, 6) is -0.109. The van der Waals surface area contributed by atoms with Crippen molar-refractivity contribution in [1.29, 1.82) is 0 Å². The number of aliphatic hydroxyl groups excluding tert-OH is 2. The van der Waals surface area contributed by atoms with Crippen LogP contribution in [0.5, 0.6) is 0 Å². The van der Waals surface area contributed by atoms with E-state index in [0.29, 0.717) is 5.56 Å². The standard InChI is InChI=1S/C12H16FNO2/c13-11-2-1-3-12(10(11)8-16)14-5-4-9(6-14)7-15/h1-3,9,15-16H,4-8H2. The summed E-state index contributed by atoms with van der Waals surface area (Å²) in [7, 11) is 0. The predicted molar refractivity (Wildman–Crippen MR) is 59.7 cm³/mol. The molecule has 0 amide bonds. The van der Waals surface area contributed by atoms with Crippen LogP contribution in [0, 0.1) is 11.7 Å². The lowest BCUT2D eigenvalue weighted by Crippen LogP contribution is -2.22. The number of aliphatic hydroxyl groups is 2. The van der Waals surface area contributed by atoms with Gasteiger partial charge >= 0.3 is 0 Å². The highest BCUT2D eigenvalue weighted by Crippen LogP contribution is 2.28. The fourth-order valence-electron chi connectivity index (χ4n) is 2.20. The van der Waals surface area contributed by atoms with Crippen LogP contribution < -0.4 is 4.90 Å². The number of rotatable bonds is 3. The molecule has 1 aliphatic rings. The van der Waals surface area contributed by atoms with E-state index in [0.717, 1.165) is 25.2 Å². The number of anilines is 1. The summed E-state index contributed by atoms with van der Waals surface area (Å²) < 4.78 is 13.4. The van der Waals surface area contributed by atoms with Crippen molar-refractivity contribution >= 4 is 5.69 Å². The maximum Gasteiger partial charge on any atom is 0.130 e. The quantitative estimate of drug-likeness (QED) is 0.810. The summed E-state index contributed by atoms with van der Waals surface area (Å²) in [5.41, 5.74) is 1.10. The van der Waals surface area contributed by atoms with Gasteiger partial charge in [0.15, 0.2) is 0 Å². The summed E-state index contributed by atoms with van der Waals surface area (Å²) in [6.07, 6.45) is 0.915. The molecule has 1 fully saturated rings. The lowest BCUT2D eigenvalue weighted by atomic mass is 10.1. The SMILES string of the molecule is OCc1c(F)cccc1N1CCC(CO)C1. The second-order valence-corrected chi connectivity index (χ2v) is 4.18. The van der Waals surface area contributed by atoms with Gasteiger partial charge in [0, 0.05) is 36.9 Å². The van der Waals surface area contributed by atoms with Crippen LogP contribution in [-0.2, 0) is 6.61 Å². The van der Waals surface area contributed by atoms with Gasteiger partial charge in [-0.2, -0.15) is 0 Å². The molecule has 16 heavy (non-hydrogen) atoms. The maximum absolute atomic E-state index is 13.4. The number of halogens is 1. The molecule has 1 heterocycles. The molecule has 1 aromatic carbocycles. The Morgan fingerprint density at radius 2 is 2.19 bits per heavy atom. The number of hydrogen-bond acceptors (Lipinski definition) is 3. The third-order valence-electron chi connectivity index (χ3n) is 3.14. The molecule has 3 nitrogen and oxygen atoms in total. The van der Waals surface area contributed by atoms with Crippen molar-refractivity contribution in [3.63, 3.8) is 0 Å². The minimum atomic E-state index is -0.368. The summed E-state index contributed by atoms with van der Waals surface area (Å²) >= 11 is 0. The van der Waals surface area contributed by atoms with Crippen molar-refractivity contribution in [1.82, 2.24) is 0 Å². The van der Waals surface area contributed by atoms with E-state index in [2.05, 4.69) is 0 Å². The fraction of sp³-hybridized carbons (Fsp3) is 0.500. The first kappa shape index (κ1) is 11.4. The van der Waals surface area contributed by atoms with E-state index in [-0.39, 0.29) is 24.9 Å². The van der Waals surface area contributed by atoms with Crippen molar-refractivity contribution in [2.75, 3.05) is 24.6 Å². The molecule has 88 valence electrons. The molecule has 1 atom stereocenters. The highest BCUT2D eigenvalue weighted by molar-refractivity contribution is 5.54. The first-order valence-corrected chi connectivity index (χ1v) is 5.50. The van der Waals surface area contributed by atoms with Crippen LogP contribution in [0.15, 0.2) is 18.2 Å². The molecular formula is C12H16FNO2. The molecule has 1 unspecified atom stereocenters. The zero-order valence-electron chi connectivity index (χ0n) is 9.06. The summed E-state index contributed by atoms with van der Waals surface area (Å²) in [4.78, 5) is 2.02. The van der Waals surface area contributed by atoms with E-state index >= 15 is 0 Å². The zero-order valence-corrected chi connectivity index (χ0v) is 9.06. The van der Waals surface area contributed by atoms with Gasteiger partial charge in [0.25, 0.3) is 0 Å². The van der Waals surface area contributed by atoms with E-state index in [1.165, 1.54) is 6.07 Å². The van der Waals surface area contributed by atoms with Crippen molar-refractivity contribution in [3.8, 4) is 0 Å². The molecule has 1 saturated heterocycles. The van der Waals surface area contributed by atoms with E-state index in [1.54, 1.807) is 6.07 Å². The van der Waals surface area contributed by atoms with E-state index in [4.69, 9.17) is 10.2 Å². The van der Waals surface area contributed by atoms with Gasteiger partial charge in [-0.15, -0.1) is 0 Å². The minimum absolute atomic E-state index is 0.167. The van der Waals surface area contributed by atoms with E-state index in [1.807, 2.05) is 11.0 Å². The predicted octanol–water partition coefficient (Wildman–Crippen LogP) is 1.14. The second-order valence-electron chi connectivity index (χ2n) is 4.18. The van der Waals surface area contributed by atoms with Crippen LogP contribution in [0.4, 0.5) is 10.1 Å². The molecule has 0 spiro atoms. The van der Waals surface area contributed by atoms with Crippen molar-refractivity contribution < 1.29 is 14.6 Å². The second kappa shape index (κ2) is 4.80. The van der Waals surface area contributed by atoms with Crippen LogP contribution in [0.1, 0.15) is 12.0 Å². The fourth-order valence-corrected chi connectivity index (χ4v) is 2.20. The molecule has 1 aromatic rings. The normalized spacial score (nSPS) is 20.4. The molecule has 0 radical (unpaired) electrons. The zero-order chi connectivity index (χ0) is 11.5. The van der Waals surface area contributed by atoms with Gasteiger partial charge in [-0.3, -0.25) is 0 Å². The van der Waals surface area contributed by atoms with E-state index < -0.39 is 0 Å². The summed E-state index contributed by atoms with van der Waals surface area (Å²) in [6, 6.07) is 4.82. The van der Waals surface area contributed by atoms with Gasteiger partial charge in [0.05, 0.1) is 6.61 Å². The Hall–Kier alpha value is -1.13. The van der Waals surface area contributed by atoms with Crippen LogP contribution in [0.2, 0.25) is 0 Å². The van der Waals surface area contributed by atoms with Crippen molar-refractivity contribution in [2.45, 2.75) is 13.0 Å². The summed E-state index contributed by atoms with van der Waals surface area (Å²) in [5, 5.41) is 18.2. The van der Waals surface area contributed by atoms with E-state index in [9.17, 15) is 4.39 Å². The Bertz CT molecular complexity index is 370. The smallest absolute Gasteiger partial charge is 0.130 e. The Morgan fingerprint density at radius 1 is 1.38 bits per heavy atom. The third kappa shape index (κ3) is 2.03. The third-order valence-corrected chi connectivity index (χ3v) is 3.14. The molecule has 1 aliphatic heterocycles. The average molecular weight is 225 g/mol. The van der Waals surface area contributed by atoms with Crippen molar-refractivity contribution in [2.24, 2.45) is 5.92 Å². The topological polar surface area (TPSA) is 43.7 Å². The van der Waals surface area contributed by atoms with Gasteiger partial charge in [0.2, 0.25) is 0 Å². The van der Waals surface area contributed by atoms with Crippen LogP contribution in [0.25, 0.3) is 0 Å². The van der Waals surface area contributed by atoms with Gasteiger partial charge < -0.3 is 15.1 Å². The van der Waals surface area contributed by atoms with Crippen molar-refractivity contribution in [3.05, 3.63) is 29.6 Å². The number of benzene rings is 1. The Morgan fingerprint density at radius 3 is 2.81 bits per heavy atom. The molecular weight excluding hydrogens is 209 g/mol. The molecule has 0 aliphatic carbocycles. The first-order valence-electron chi connectivity index (χ1n) is 5.50. The minimum Gasteiger partial charge on any atom is -0.396 e. The average Bonchev–Trinajstić information content (AvgIpc) is 2.77. The largest absolute Gasteiger partial charge is 0.396 e. The van der Waals surface area contributed by atoms with Gasteiger partial charge in [-0.25, -0.2) is 4.39 Å². The monoisotopic (exact) mass is 225 g/mol. The van der Waals surface area contributed by atoms with Gasteiger partial charge in [-0.1, -0.05) is 6.07 Å². The number of hydrogen-bond donors (Lipinski definition) is 2. The Balaban J connectivity index is 2.24. The lowest BCUT2D eigenvalue weighted by Gasteiger charge is -2.21. The van der Waals surface area contributed by atoms with Crippen LogP contribution >= 0.6 is 0 Å². The highest BCUT2D eigenvalue weighted by Gasteiger charge is 2.24. The number of nitrogens with zero attached hydrogens (tertiary/aromatic N) is 1. The first-order chi connectivity index (χ1) is 7.76. The molecule has 2 rings (SSSR count). The molecule has 0 aromatic heterocycles. The highest BCUT2D eigenvalue weighted by atomic mass is 19.1. The lowest BCUT2D eigenvalue weighted by molar-refractivity contribution is 0.238. The Labute approximate surface area is 94.1 Å². The molecule has 0 bridgehead atoms. The molecule has 2 N–H and O–H groups in total. The molecule has 4 heteroatoms. The van der Waals surface area contributed by atoms with Crippen LogP contribution in [0.3, 0.4) is 0 Å². The molecule has 0 saturated carbocycles. The Kier molecular flexibility index (Phi) is 3.41. The van der Waals surface area contributed by atoms with Gasteiger partial charge in [0.1, 0.15) is 5.82 Å². The maximum atomic E-state index is 13.4. The summed E-state index contributed by atoms with van der Waals surface area (Å²) in [6.45, 7) is 1.41. The van der Waals surface area contributed by atoms with Crippen LogP contribution in [-0.4, -0.2) is 29.9 Å². The van der Waals surface area contributed by atoms with Gasteiger partial charge in [-0.05, 0) is 18.6 Å².